The molecule has 0 spiro atoms. The topological polar surface area (TPSA) is 57.6 Å². The fourth-order valence-electron chi connectivity index (χ4n) is 4.23. The molecule has 1 aliphatic heterocycles. The first kappa shape index (κ1) is 17.0. The molecule has 1 amide bonds. The van der Waals surface area contributed by atoms with Gasteiger partial charge in [-0.2, -0.15) is 0 Å². The number of benzene rings is 2. The van der Waals surface area contributed by atoms with E-state index in [4.69, 9.17) is 0 Å². The average molecular weight is 349 g/mol. The Bertz CT molecular complexity index is 889. The second kappa shape index (κ2) is 6.36. The zero-order valence-electron chi connectivity index (χ0n) is 15.0. The summed E-state index contributed by atoms with van der Waals surface area (Å²) in [6, 6.07) is 13.0. The highest BCUT2D eigenvalue weighted by molar-refractivity contribution is 6.10. The molecule has 1 N–H and O–H groups in total. The predicted octanol–water partition coefficient (Wildman–Crippen LogP) is 3.39. The molecule has 26 heavy (non-hydrogen) atoms. The number of nitrogens with zero attached hydrogens (tertiary/aromatic N) is 1. The number of aryl methyl sites for hydroxylation is 2. The molecule has 0 bridgehead atoms. The molecule has 4 heteroatoms. The Morgan fingerprint density at radius 1 is 1.12 bits per heavy atom. The van der Waals surface area contributed by atoms with Crippen molar-refractivity contribution in [1.29, 1.82) is 0 Å². The molecule has 0 saturated heterocycles. The van der Waals surface area contributed by atoms with Gasteiger partial charge in [-0.25, -0.2) is 0 Å². The van der Waals surface area contributed by atoms with E-state index in [0.717, 1.165) is 19.3 Å². The number of amides is 1. The fraction of sp³-hybridized carbons (Fsp3) is 0.364. The van der Waals surface area contributed by atoms with Crippen LogP contribution < -0.4 is 4.90 Å². The number of fused-ring (bicyclic) bond motifs is 2. The molecule has 0 aromatic heterocycles. The van der Waals surface area contributed by atoms with Crippen molar-refractivity contribution in [2.24, 2.45) is 0 Å². The standard InChI is InChI=1S/C22H23NO3/c1-2-23-19-10-6-5-9-18(19)22(26,21(23)25)14-20(24)17-12-11-15-7-3-4-8-16(15)13-17/h5-6,9-13,26H,2-4,7-8,14H2,1H3/t22-/m1/s1. The molecular weight excluding hydrogens is 326 g/mol. The number of carbonyl (C=O) groups excluding carboxylic acids is 2. The molecule has 0 radical (unpaired) electrons. The van der Waals surface area contributed by atoms with Gasteiger partial charge in [0.1, 0.15) is 0 Å². The van der Waals surface area contributed by atoms with Crippen LogP contribution in [-0.4, -0.2) is 23.3 Å². The summed E-state index contributed by atoms with van der Waals surface area (Å²) in [7, 11) is 0. The van der Waals surface area contributed by atoms with Gasteiger partial charge in [-0.05, 0) is 55.9 Å². The van der Waals surface area contributed by atoms with Crippen molar-refractivity contribution in [3.63, 3.8) is 0 Å². The third-order valence-electron chi connectivity index (χ3n) is 5.64. The van der Waals surface area contributed by atoms with Crippen LogP contribution in [0.3, 0.4) is 0 Å². The number of aliphatic hydroxyl groups is 1. The number of rotatable bonds is 4. The molecule has 0 fully saturated rings. The quantitative estimate of drug-likeness (QED) is 0.861. The molecule has 2 aromatic carbocycles. The number of carbonyl (C=O) groups is 2. The molecule has 4 nitrogen and oxygen atoms in total. The fourth-order valence-corrected chi connectivity index (χ4v) is 4.23. The maximum atomic E-state index is 12.9. The summed E-state index contributed by atoms with van der Waals surface area (Å²) in [6.45, 7) is 2.33. The lowest BCUT2D eigenvalue weighted by molar-refractivity contribution is -0.135. The molecule has 4 rings (SSSR count). The van der Waals surface area contributed by atoms with Crippen molar-refractivity contribution < 1.29 is 14.7 Å². The van der Waals surface area contributed by atoms with Gasteiger partial charge in [0.15, 0.2) is 11.4 Å². The zero-order chi connectivity index (χ0) is 18.3. The Hall–Kier alpha value is -2.46. The summed E-state index contributed by atoms with van der Waals surface area (Å²) in [5, 5.41) is 11.2. The van der Waals surface area contributed by atoms with E-state index in [1.165, 1.54) is 17.5 Å². The van der Waals surface area contributed by atoms with Crippen LogP contribution in [0.5, 0.6) is 0 Å². The van der Waals surface area contributed by atoms with Gasteiger partial charge >= 0.3 is 0 Å². The average Bonchev–Trinajstić information content (AvgIpc) is 2.88. The normalized spacial score (nSPS) is 21.5. The Kier molecular flexibility index (Phi) is 4.16. The first-order valence-electron chi connectivity index (χ1n) is 9.33. The largest absolute Gasteiger partial charge is 0.375 e. The molecule has 0 unspecified atom stereocenters. The first-order chi connectivity index (χ1) is 12.5. The minimum Gasteiger partial charge on any atom is -0.375 e. The minimum atomic E-state index is -1.78. The maximum Gasteiger partial charge on any atom is 0.264 e. The van der Waals surface area contributed by atoms with Crippen molar-refractivity contribution in [2.75, 3.05) is 11.4 Å². The molecular formula is C22H23NO3. The lowest BCUT2D eigenvalue weighted by Gasteiger charge is -2.22. The van der Waals surface area contributed by atoms with E-state index in [0.29, 0.717) is 23.4 Å². The molecule has 0 saturated carbocycles. The molecule has 2 aromatic rings. The summed E-state index contributed by atoms with van der Waals surface area (Å²) >= 11 is 0. The Labute approximate surface area is 153 Å². The predicted molar refractivity (Wildman–Crippen MR) is 100 cm³/mol. The highest BCUT2D eigenvalue weighted by atomic mass is 16.3. The molecule has 1 aliphatic carbocycles. The van der Waals surface area contributed by atoms with Crippen molar-refractivity contribution in [3.05, 3.63) is 64.7 Å². The minimum absolute atomic E-state index is 0.193. The van der Waals surface area contributed by atoms with E-state index >= 15 is 0 Å². The molecule has 134 valence electrons. The summed E-state index contributed by atoms with van der Waals surface area (Å²) < 4.78 is 0. The van der Waals surface area contributed by atoms with Gasteiger partial charge in [-0.1, -0.05) is 30.3 Å². The Morgan fingerprint density at radius 2 is 1.85 bits per heavy atom. The van der Waals surface area contributed by atoms with Crippen LogP contribution in [0.15, 0.2) is 42.5 Å². The van der Waals surface area contributed by atoms with Gasteiger partial charge in [0.2, 0.25) is 0 Å². The zero-order valence-corrected chi connectivity index (χ0v) is 15.0. The van der Waals surface area contributed by atoms with Crippen LogP contribution in [-0.2, 0) is 23.2 Å². The summed E-state index contributed by atoms with van der Waals surface area (Å²) in [5.74, 6) is -0.602. The molecule has 2 aliphatic rings. The SMILES string of the molecule is CCN1C(=O)[C@@](O)(CC(=O)c2ccc3c(c2)CCCC3)c2ccccc21. The number of hydrogen-bond acceptors (Lipinski definition) is 3. The van der Waals surface area contributed by atoms with E-state index < -0.39 is 11.5 Å². The van der Waals surface area contributed by atoms with E-state index in [2.05, 4.69) is 0 Å². The summed E-state index contributed by atoms with van der Waals surface area (Å²) in [6.07, 6.45) is 4.17. The Balaban J connectivity index is 1.66. The maximum absolute atomic E-state index is 12.9. The number of hydrogen-bond donors (Lipinski definition) is 1. The highest BCUT2D eigenvalue weighted by Gasteiger charge is 2.50. The van der Waals surface area contributed by atoms with Gasteiger partial charge in [0.25, 0.3) is 5.91 Å². The van der Waals surface area contributed by atoms with Crippen molar-refractivity contribution in [2.45, 2.75) is 44.6 Å². The van der Waals surface area contributed by atoms with Crippen LogP contribution in [0, 0.1) is 0 Å². The Morgan fingerprint density at radius 3 is 2.62 bits per heavy atom. The van der Waals surface area contributed by atoms with Gasteiger partial charge in [-0.15, -0.1) is 0 Å². The summed E-state index contributed by atoms with van der Waals surface area (Å²) in [4.78, 5) is 27.3. The highest BCUT2D eigenvalue weighted by Crippen LogP contribution is 2.42. The lowest BCUT2D eigenvalue weighted by atomic mass is 9.85. The summed E-state index contributed by atoms with van der Waals surface area (Å²) in [5.41, 5.74) is 2.56. The van der Waals surface area contributed by atoms with Crippen molar-refractivity contribution in [1.82, 2.24) is 0 Å². The lowest BCUT2D eigenvalue weighted by Crippen LogP contribution is -2.41. The van der Waals surface area contributed by atoms with E-state index in [-0.39, 0.29) is 12.2 Å². The van der Waals surface area contributed by atoms with E-state index in [9.17, 15) is 14.7 Å². The van der Waals surface area contributed by atoms with E-state index in [1.807, 2.05) is 37.3 Å². The van der Waals surface area contributed by atoms with Crippen LogP contribution in [0.4, 0.5) is 5.69 Å². The van der Waals surface area contributed by atoms with Gasteiger partial charge in [0.05, 0.1) is 12.1 Å². The van der Waals surface area contributed by atoms with Gasteiger partial charge < -0.3 is 10.0 Å². The van der Waals surface area contributed by atoms with Crippen LogP contribution in [0.25, 0.3) is 0 Å². The van der Waals surface area contributed by atoms with Crippen LogP contribution >= 0.6 is 0 Å². The van der Waals surface area contributed by atoms with E-state index in [1.54, 1.807) is 17.0 Å². The second-order valence-electron chi connectivity index (χ2n) is 7.22. The monoisotopic (exact) mass is 349 g/mol. The molecule has 1 atom stereocenters. The van der Waals surface area contributed by atoms with Crippen LogP contribution in [0.1, 0.15) is 53.2 Å². The first-order valence-corrected chi connectivity index (χ1v) is 9.33. The van der Waals surface area contributed by atoms with Crippen LogP contribution in [0.2, 0.25) is 0 Å². The number of anilines is 1. The third kappa shape index (κ3) is 2.56. The van der Waals surface area contributed by atoms with Gasteiger partial charge in [0, 0.05) is 17.7 Å². The van der Waals surface area contributed by atoms with Crippen molar-refractivity contribution >= 4 is 17.4 Å². The number of Topliss-reactive ketones (excluding diaryl/α,β-unsaturated/α-hetero) is 1. The van der Waals surface area contributed by atoms with Crippen molar-refractivity contribution in [3.8, 4) is 0 Å². The smallest absolute Gasteiger partial charge is 0.264 e. The number of ketones is 1. The number of para-hydroxylation sites is 1. The van der Waals surface area contributed by atoms with Gasteiger partial charge in [-0.3, -0.25) is 9.59 Å². The third-order valence-corrected chi connectivity index (χ3v) is 5.64. The number of likely N-dealkylation sites (N-methyl/N-ethyl adjacent to an activating group) is 1. The molecule has 1 heterocycles. The second-order valence-corrected chi connectivity index (χ2v) is 7.22.